The van der Waals surface area contributed by atoms with E-state index in [9.17, 15) is 19.7 Å². The lowest BCUT2D eigenvalue weighted by Crippen LogP contribution is -2.22. The van der Waals surface area contributed by atoms with Gasteiger partial charge in [0.05, 0.1) is 22.0 Å². The first-order valence-corrected chi connectivity index (χ1v) is 13.2. The van der Waals surface area contributed by atoms with E-state index in [2.05, 4.69) is 31.3 Å². The van der Waals surface area contributed by atoms with Crippen molar-refractivity contribution in [3.8, 4) is 17.1 Å². The van der Waals surface area contributed by atoms with Crippen molar-refractivity contribution in [2.24, 2.45) is 5.10 Å². The number of nitro groups is 1. The van der Waals surface area contributed by atoms with Crippen LogP contribution in [0.2, 0.25) is 0 Å². The lowest BCUT2D eigenvalue weighted by molar-refractivity contribution is -0.385. The fourth-order valence-corrected chi connectivity index (χ4v) is 4.61. The Labute approximate surface area is 242 Å². The van der Waals surface area contributed by atoms with E-state index in [0.717, 1.165) is 10.2 Å². The molecule has 10 nitrogen and oxygen atoms in total. The van der Waals surface area contributed by atoms with Crippen LogP contribution in [0, 0.1) is 17.0 Å². The van der Waals surface area contributed by atoms with E-state index in [1.165, 1.54) is 12.3 Å². The number of amides is 1. The molecule has 1 N–H and O–H groups in total. The van der Waals surface area contributed by atoms with Gasteiger partial charge in [-0.15, -0.1) is 0 Å². The fraction of sp³-hybridized carbons (Fsp3) is 0.0667. The zero-order chi connectivity index (χ0) is 28.9. The molecule has 0 saturated carbocycles. The number of aryl methyl sites for hydroxylation is 1. The van der Waals surface area contributed by atoms with E-state index >= 15 is 0 Å². The van der Waals surface area contributed by atoms with Gasteiger partial charge < -0.3 is 10.1 Å². The number of hydrogen-bond donors (Lipinski definition) is 1. The summed E-state index contributed by atoms with van der Waals surface area (Å²) in [6.07, 6.45) is 1.27. The topological polar surface area (TPSA) is 129 Å². The van der Waals surface area contributed by atoms with Crippen molar-refractivity contribution in [3.05, 3.63) is 127 Å². The molecule has 0 radical (unpaired) electrons. The molecule has 1 aromatic heterocycles. The number of benzene rings is 4. The number of fused-ring (bicyclic) bond motifs is 1. The molecule has 0 aliphatic heterocycles. The van der Waals surface area contributed by atoms with Crippen LogP contribution in [0.5, 0.6) is 5.75 Å². The summed E-state index contributed by atoms with van der Waals surface area (Å²) >= 11 is 3.29. The van der Waals surface area contributed by atoms with E-state index in [-0.39, 0.29) is 22.8 Å². The molecule has 0 bridgehead atoms. The standard InChI is InChI=1S/C30H22BrN5O5/c1-19-9-5-7-13-24(19)33-27(37)18-41-28-21(15-22(31)16-26(28)36(39)40)17-32-35-29(20-10-3-2-4-11-20)34-25-14-8-6-12-23(25)30(35)38/h2-17H,18H2,1H3,(H,33,37). The number of nitrogens with one attached hydrogen (secondary N) is 1. The molecule has 41 heavy (non-hydrogen) atoms. The summed E-state index contributed by atoms with van der Waals surface area (Å²) in [4.78, 5) is 42.1. The molecule has 5 aromatic rings. The van der Waals surface area contributed by atoms with Gasteiger partial charge in [-0.25, -0.2) is 4.98 Å². The molecular weight excluding hydrogens is 590 g/mol. The third kappa shape index (κ3) is 6.04. The average molecular weight is 612 g/mol. The second-order valence-corrected chi connectivity index (χ2v) is 9.85. The van der Waals surface area contributed by atoms with Crippen LogP contribution in [0.4, 0.5) is 11.4 Å². The molecule has 0 aliphatic rings. The molecular formula is C30H22BrN5O5. The summed E-state index contributed by atoms with van der Waals surface area (Å²) in [6, 6.07) is 26.0. The lowest BCUT2D eigenvalue weighted by atomic mass is 10.2. The van der Waals surface area contributed by atoms with Crippen LogP contribution >= 0.6 is 15.9 Å². The van der Waals surface area contributed by atoms with Crippen LogP contribution in [0.25, 0.3) is 22.3 Å². The number of aromatic nitrogens is 2. The Morgan fingerprint density at radius 3 is 2.54 bits per heavy atom. The summed E-state index contributed by atoms with van der Waals surface area (Å²) in [5.74, 6) is -0.388. The molecule has 0 aliphatic carbocycles. The second kappa shape index (κ2) is 11.9. The van der Waals surface area contributed by atoms with Crippen molar-refractivity contribution in [2.45, 2.75) is 6.92 Å². The highest BCUT2D eigenvalue weighted by atomic mass is 79.9. The number of rotatable bonds is 8. The number of halogens is 1. The summed E-state index contributed by atoms with van der Waals surface area (Å²) in [6.45, 7) is 1.35. The first-order valence-electron chi connectivity index (χ1n) is 12.4. The molecule has 0 fully saturated rings. The largest absolute Gasteiger partial charge is 0.476 e. The zero-order valence-electron chi connectivity index (χ0n) is 21.7. The van der Waals surface area contributed by atoms with Gasteiger partial charge in [0.15, 0.2) is 12.4 Å². The van der Waals surface area contributed by atoms with Gasteiger partial charge in [0.2, 0.25) is 5.75 Å². The van der Waals surface area contributed by atoms with Gasteiger partial charge in [0.1, 0.15) is 0 Å². The molecule has 0 saturated heterocycles. The molecule has 0 spiro atoms. The Bertz CT molecular complexity index is 1870. The Morgan fingerprint density at radius 1 is 1.07 bits per heavy atom. The Balaban J connectivity index is 1.55. The SMILES string of the molecule is Cc1ccccc1NC(=O)COc1c(C=Nn2c(-c3ccccc3)nc3ccccc3c2=O)cc(Br)cc1[N+](=O)[O-]. The fourth-order valence-electron chi connectivity index (χ4n) is 4.15. The monoisotopic (exact) mass is 611 g/mol. The van der Waals surface area contributed by atoms with Crippen molar-refractivity contribution in [3.63, 3.8) is 0 Å². The van der Waals surface area contributed by atoms with Crippen LogP contribution in [-0.2, 0) is 4.79 Å². The van der Waals surface area contributed by atoms with Gasteiger partial charge >= 0.3 is 5.69 Å². The number of para-hydroxylation sites is 2. The van der Waals surface area contributed by atoms with Crippen LogP contribution < -0.4 is 15.6 Å². The smallest absolute Gasteiger partial charge is 0.312 e. The minimum Gasteiger partial charge on any atom is -0.476 e. The highest BCUT2D eigenvalue weighted by Crippen LogP contribution is 2.34. The van der Waals surface area contributed by atoms with E-state index in [1.807, 2.05) is 37.3 Å². The first kappa shape index (κ1) is 27.4. The minimum absolute atomic E-state index is 0.175. The zero-order valence-corrected chi connectivity index (χ0v) is 23.2. The normalized spacial score (nSPS) is 11.1. The van der Waals surface area contributed by atoms with Gasteiger partial charge in [-0.05, 0) is 36.8 Å². The predicted molar refractivity (Wildman–Crippen MR) is 161 cm³/mol. The molecule has 1 amide bonds. The summed E-state index contributed by atoms with van der Waals surface area (Å²) in [7, 11) is 0. The minimum atomic E-state index is -0.615. The van der Waals surface area contributed by atoms with Gasteiger partial charge in [-0.2, -0.15) is 9.78 Å². The van der Waals surface area contributed by atoms with Crippen molar-refractivity contribution in [1.82, 2.24) is 9.66 Å². The molecule has 0 atom stereocenters. The van der Waals surface area contributed by atoms with Crippen LogP contribution in [0.15, 0.2) is 105 Å². The molecule has 1 heterocycles. The van der Waals surface area contributed by atoms with Crippen molar-refractivity contribution in [2.75, 3.05) is 11.9 Å². The van der Waals surface area contributed by atoms with E-state index in [0.29, 0.717) is 26.6 Å². The second-order valence-electron chi connectivity index (χ2n) is 8.93. The molecule has 11 heteroatoms. The molecule has 204 valence electrons. The highest BCUT2D eigenvalue weighted by Gasteiger charge is 2.22. The van der Waals surface area contributed by atoms with E-state index in [1.54, 1.807) is 54.6 Å². The van der Waals surface area contributed by atoms with Crippen molar-refractivity contribution < 1.29 is 14.5 Å². The number of carbonyl (C=O) groups excluding carboxylic acids is 1. The number of nitrogens with zero attached hydrogens (tertiary/aromatic N) is 4. The predicted octanol–water partition coefficient (Wildman–Crippen LogP) is 5.94. The number of ether oxygens (including phenoxy) is 1. The van der Waals surface area contributed by atoms with Gasteiger partial charge in [0.25, 0.3) is 11.5 Å². The Kier molecular flexibility index (Phi) is 7.97. The van der Waals surface area contributed by atoms with E-state index < -0.39 is 23.0 Å². The summed E-state index contributed by atoms with van der Waals surface area (Å²) in [5.41, 5.74) is 1.99. The average Bonchev–Trinajstić information content (AvgIpc) is 2.97. The molecule has 4 aromatic carbocycles. The third-order valence-corrected chi connectivity index (χ3v) is 6.58. The number of hydrogen-bond acceptors (Lipinski definition) is 7. The number of anilines is 1. The molecule has 0 unspecified atom stereocenters. The summed E-state index contributed by atoms with van der Waals surface area (Å²) < 4.78 is 7.22. The first-order chi connectivity index (χ1) is 19.8. The van der Waals surface area contributed by atoms with Crippen LogP contribution in [-0.4, -0.2) is 33.3 Å². The maximum absolute atomic E-state index is 13.5. The molecule has 5 rings (SSSR count). The number of carbonyl (C=O) groups is 1. The van der Waals surface area contributed by atoms with E-state index in [4.69, 9.17) is 4.74 Å². The highest BCUT2D eigenvalue weighted by molar-refractivity contribution is 9.10. The van der Waals surface area contributed by atoms with Gasteiger partial charge in [-0.1, -0.05) is 76.6 Å². The third-order valence-electron chi connectivity index (χ3n) is 6.12. The van der Waals surface area contributed by atoms with Gasteiger partial charge in [-0.3, -0.25) is 19.7 Å². The maximum atomic E-state index is 13.5. The van der Waals surface area contributed by atoms with Crippen LogP contribution in [0.3, 0.4) is 0 Å². The van der Waals surface area contributed by atoms with Crippen LogP contribution in [0.1, 0.15) is 11.1 Å². The Hall–Kier alpha value is -5.16. The van der Waals surface area contributed by atoms with Crippen molar-refractivity contribution in [1.29, 1.82) is 0 Å². The maximum Gasteiger partial charge on any atom is 0.312 e. The number of nitro benzene ring substituents is 1. The lowest BCUT2D eigenvalue weighted by Gasteiger charge is -2.12. The van der Waals surface area contributed by atoms with Gasteiger partial charge in [0, 0.05) is 27.4 Å². The van der Waals surface area contributed by atoms with Crippen molar-refractivity contribution >= 4 is 50.3 Å². The quantitative estimate of drug-likeness (QED) is 0.131. The Morgan fingerprint density at radius 2 is 1.78 bits per heavy atom. The summed E-state index contributed by atoms with van der Waals surface area (Å²) in [5, 5.41) is 19.4.